The molecule has 22 heavy (non-hydrogen) atoms. The predicted octanol–water partition coefficient (Wildman–Crippen LogP) is 2.71. The Kier molecular flexibility index (Phi) is 3.80. The second-order valence-corrected chi connectivity index (χ2v) is 6.96. The molecule has 1 atom stereocenters. The zero-order valence-corrected chi connectivity index (χ0v) is 13.2. The van der Waals surface area contributed by atoms with E-state index in [1.54, 1.807) is 12.1 Å². The Bertz CT molecular complexity index is 786. The predicted molar refractivity (Wildman–Crippen MR) is 89.0 cm³/mol. The van der Waals surface area contributed by atoms with E-state index in [0.717, 1.165) is 18.4 Å². The molecule has 116 valence electrons. The number of nitrogens with one attached hydrogen (secondary N) is 2. The molecule has 2 aromatic carbocycles. The van der Waals surface area contributed by atoms with Gasteiger partial charge >= 0.3 is 0 Å². The minimum absolute atomic E-state index is 0.235. The van der Waals surface area contributed by atoms with E-state index in [1.807, 2.05) is 12.1 Å². The van der Waals surface area contributed by atoms with Gasteiger partial charge in [-0.2, -0.15) is 8.42 Å². The summed E-state index contributed by atoms with van der Waals surface area (Å²) in [6.45, 7) is 2.10. The van der Waals surface area contributed by atoms with E-state index in [9.17, 15) is 8.42 Å². The van der Waals surface area contributed by atoms with Gasteiger partial charge in [0.05, 0.1) is 6.04 Å². The third kappa shape index (κ3) is 3.40. The van der Waals surface area contributed by atoms with Gasteiger partial charge in [0.2, 0.25) is 0 Å². The van der Waals surface area contributed by atoms with Gasteiger partial charge in [-0.3, -0.25) is 4.72 Å². The lowest BCUT2D eigenvalue weighted by atomic mass is 9.92. The van der Waals surface area contributed by atoms with Crippen LogP contribution in [-0.2, 0) is 16.6 Å². The molecule has 6 heteroatoms. The second-order valence-electron chi connectivity index (χ2n) is 5.67. The molecule has 4 N–H and O–H groups in total. The quantitative estimate of drug-likeness (QED) is 0.814. The SMILES string of the molecule is Cc1ccc2c(c1)CCC(c1ccc(NS(N)(=O)=O)cc1)N2. The average molecular weight is 317 g/mol. The third-order valence-electron chi connectivity index (χ3n) is 3.87. The van der Waals surface area contributed by atoms with Crippen LogP contribution in [-0.4, -0.2) is 8.42 Å². The zero-order valence-electron chi connectivity index (χ0n) is 12.3. The largest absolute Gasteiger partial charge is 0.378 e. The van der Waals surface area contributed by atoms with E-state index >= 15 is 0 Å². The molecule has 5 nitrogen and oxygen atoms in total. The van der Waals surface area contributed by atoms with Crippen LogP contribution >= 0.6 is 0 Å². The van der Waals surface area contributed by atoms with Gasteiger partial charge in [-0.15, -0.1) is 0 Å². The smallest absolute Gasteiger partial charge is 0.296 e. The van der Waals surface area contributed by atoms with Crippen molar-refractivity contribution in [2.75, 3.05) is 10.0 Å². The summed E-state index contributed by atoms with van der Waals surface area (Å²) >= 11 is 0. The first kappa shape index (κ1) is 14.9. The van der Waals surface area contributed by atoms with E-state index in [2.05, 4.69) is 35.2 Å². The Labute approximate surface area is 130 Å². The lowest BCUT2D eigenvalue weighted by Gasteiger charge is -2.28. The number of rotatable bonds is 3. The van der Waals surface area contributed by atoms with E-state index < -0.39 is 10.2 Å². The van der Waals surface area contributed by atoms with E-state index in [4.69, 9.17) is 5.14 Å². The Morgan fingerprint density at radius 1 is 1.18 bits per heavy atom. The molecular formula is C16H19N3O2S. The maximum atomic E-state index is 11.0. The van der Waals surface area contributed by atoms with E-state index in [-0.39, 0.29) is 6.04 Å². The monoisotopic (exact) mass is 317 g/mol. The fraction of sp³-hybridized carbons (Fsp3) is 0.250. The molecule has 1 heterocycles. The molecule has 0 fully saturated rings. The highest BCUT2D eigenvalue weighted by atomic mass is 32.2. The molecule has 0 radical (unpaired) electrons. The first-order valence-corrected chi connectivity index (χ1v) is 8.72. The fourth-order valence-corrected chi connectivity index (χ4v) is 3.29. The third-order valence-corrected chi connectivity index (χ3v) is 4.39. The highest BCUT2D eigenvalue weighted by molar-refractivity contribution is 7.90. The first-order chi connectivity index (χ1) is 10.4. The molecule has 0 aliphatic carbocycles. The summed E-state index contributed by atoms with van der Waals surface area (Å²) in [6, 6.07) is 14.0. The van der Waals surface area contributed by atoms with Gasteiger partial charge in [0.25, 0.3) is 10.2 Å². The number of nitrogens with two attached hydrogens (primary N) is 1. The number of fused-ring (bicyclic) bond motifs is 1. The fourth-order valence-electron chi connectivity index (χ4n) is 2.83. The molecule has 1 aliphatic heterocycles. The number of anilines is 2. The first-order valence-electron chi connectivity index (χ1n) is 7.17. The number of aryl methyl sites for hydroxylation is 2. The zero-order chi connectivity index (χ0) is 15.7. The van der Waals surface area contributed by atoms with Crippen molar-refractivity contribution in [1.29, 1.82) is 0 Å². The van der Waals surface area contributed by atoms with Crippen LogP contribution in [0.4, 0.5) is 11.4 Å². The molecule has 0 aromatic heterocycles. The molecule has 0 saturated carbocycles. The van der Waals surface area contributed by atoms with Gasteiger partial charge in [-0.05, 0) is 49.1 Å². The lowest BCUT2D eigenvalue weighted by Crippen LogP contribution is -2.22. The van der Waals surface area contributed by atoms with Crippen molar-refractivity contribution in [1.82, 2.24) is 0 Å². The highest BCUT2D eigenvalue weighted by Gasteiger charge is 2.19. The summed E-state index contributed by atoms with van der Waals surface area (Å²) in [5.74, 6) is 0. The van der Waals surface area contributed by atoms with Gasteiger partial charge in [0, 0.05) is 11.4 Å². The van der Waals surface area contributed by atoms with Gasteiger partial charge < -0.3 is 5.32 Å². The Morgan fingerprint density at radius 2 is 1.91 bits per heavy atom. The minimum atomic E-state index is -3.72. The van der Waals surface area contributed by atoms with Crippen molar-refractivity contribution in [3.63, 3.8) is 0 Å². The van der Waals surface area contributed by atoms with E-state index in [0.29, 0.717) is 5.69 Å². The van der Waals surface area contributed by atoms with Gasteiger partial charge in [-0.25, -0.2) is 5.14 Å². The van der Waals surface area contributed by atoms with Crippen molar-refractivity contribution >= 4 is 21.6 Å². The lowest BCUT2D eigenvalue weighted by molar-refractivity contribution is 0.603. The topological polar surface area (TPSA) is 84.2 Å². The second kappa shape index (κ2) is 5.62. The Morgan fingerprint density at radius 3 is 2.59 bits per heavy atom. The minimum Gasteiger partial charge on any atom is -0.378 e. The molecule has 3 rings (SSSR count). The summed E-state index contributed by atoms with van der Waals surface area (Å²) in [6.07, 6.45) is 2.05. The Balaban J connectivity index is 1.77. The van der Waals surface area contributed by atoms with Crippen LogP contribution in [0.3, 0.4) is 0 Å². The number of hydrogen-bond donors (Lipinski definition) is 3. The molecule has 0 spiro atoms. The van der Waals surface area contributed by atoms with Crippen molar-refractivity contribution in [3.05, 3.63) is 59.2 Å². The highest BCUT2D eigenvalue weighted by Crippen LogP contribution is 2.33. The van der Waals surface area contributed by atoms with Crippen molar-refractivity contribution in [3.8, 4) is 0 Å². The molecule has 2 aromatic rings. The standard InChI is InChI=1S/C16H19N3O2S/c1-11-2-8-16-13(10-11)5-9-15(18-16)12-3-6-14(7-4-12)19-22(17,20)21/h2-4,6-8,10,15,18-19H,5,9H2,1H3,(H2,17,20,21). The maximum Gasteiger partial charge on any atom is 0.296 e. The van der Waals surface area contributed by atoms with Gasteiger partial charge in [0.15, 0.2) is 0 Å². The molecule has 0 bridgehead atoms. The summed E-state index contributed by atoms with van der Waals surface area (Å²) in [5.41, 5.74) is 5.40. The number of benzene rings is 2. The van der Waals surface area contributed by atoms with Crippen molar-refractivity contribution in [2.24, 2.45) is 5.14 Å². The normalized spacial score (nSPS) is 17.5. The van der Waals surface area contributed by atoms with Crippen LogP contribution in [0.5, 0.6) is 0 Å². The van der Waals surface area contributed by atoms with Crippen molar-refractivity contribution in [2.45, 2.75) is 25.8 Å². The Hall–Kier alpha value is -2.05. The molecule has 1 unspecified atom stereocenters. The van der Waals surface area contributed by atoms with E-state index in [1.165, 1.54) is 16.8 Å². The maximum absolute atomic E-state index is 11.0. The molecular weight excluding hydrogens is 298 g/mol. The summed E-state index contributed by atoms with van der Waals surface area (Å²) in [4.78, 5) is 0. The summed E-state index contributed by atoms with van der Waals surface area (Å²) in [7, 11) is -3.72. The summed E-state index contributed by atoms with van der Waals surface area (Å²) < 4.78 is 24.3. The van der Waals surface area contributed by atoms with Gasteiger partial charge in [-0.1, -0.05) is 29.8 Å². The van der Waals surface area contributed by atoms with Crippen LogP contribution in [0.1, 0.15) is 29.2 Å². The van der Waals surface area contributed by atoms with Crippen LogP contribution in [0.2, 0.25) is 0 Å². The number of hydrogen-bond acceptors (Lipinski definition) is 3. The van der Waals surface area contributed by atoms with Crippen LogP contribution < -0.4 is 15.2 Å². The molecule has 1 aliphatic rings. The van der Waals surface area contributed by atoms with Crippen molar-refractivity contribution < 1.29 is 8.42 Å². The van der Waals surface area contributed by atoms with Crippen LogP contribution in [0.25, 0.3) is 0 Å². The van der Waals surface area contributed by atoms with Gasteiger partial charge in [0.1, 0.15) is 0 Å². The molecule has 0 saturated heterocycles. The van der Waals surface area contributed by atoms with Crippen LogP contribution in [0, 0.1) is 6.92 Å². The molecule has 0 amide bonds. The van der Waals surface area contributed by atoms with Crippen LogP contribution in [0.15, 0.2) is 42.5 Å². The summed E-state index contributed by atoms with van der Waals surface area (Å²) in [5, 5.41) is 8.51. The average Bonchev–Trinajstić information content (AvgIpc) is 2.46.